The van der Waals surface area contributed by atoms with Crippen LogP contribution < -0.4 is 14.8 Å². The Balaban J connectivity index is 2.19. The lowest BCUT2D eigenvalue weighted by atomic mass is 10.1. The van der Waals surface area contributed by atoms with E-state index in [2.05, 4.69) is 15.5 Å². The Hall–Kier alpha value is -2.17. The molecule has 0 aliphatic rings. The van der Waals surface area contributed by atoms with Gasteiger partial charge >= 0.3 is 0 Å². The van der Waals surface area contributed by atoms with Crippen LogP contribution in [0.5, 0.6) is 11.5 Å². The normalized spacial score (nSPS) is 10.4. The predicted molar refractivity (Wildman–Crippen MR) is 79.6 cm³/mol. The molecule has 0 saturated heterocycles. The number of anilines is 1. The van der Waals surface area contributed by atoms with Crippen molar-refractivity contribution in [3.63, 3.8) is 0 Å². The van der Waals surface area contributed by atoms with Crippen LogP contribution >= 0.6 is 0 Å². The molecule has 0 spiro atoms. The third kappa shape index (κ3) is 2.87. The fourth-order valence-corrected chi connectivity index (χ4v) is 2.20. The minimum Gasteiger partial charge on any atom is -0.493 e. The van der Waals surface area contributed by atoms with Gasteiger partial charge in [-0.3, -0.25) is 5.10 Å². The van der Waals surface area contributed by atoms with Crippen molar-refractivity contribution in [1.29, 1.82) is 0 Å². The molecule has 0 fully saturated rings. The second-order valence-electron chi connectivity index (χ2n) is 4.54. The molecule has 0 amide bonds. The summed E-state index contributed by atoms with van der Waals surface area (Å²) in [6, 6.07) is 5.92. The van der Waals surface area contributed by atoms with Crippen molar-refractivity contribution in [2.24, 2.45) is 0 Å². The number of ether oxygens (including phenoxy) is 2. The molecule has 0 atom stereocenters. The number of benzene rings is 1. The van der Waals surface area contributed by atoms with Crippen molar-refractivity contribution in [2.45, 2.75) is 27.3 Å². The zero-order chi connectivity index (χ0) is 14.5. The molecule has 2 aromatic rings. The average Bonchev–Trinajstić information content (AvgIpc) is 2.76. The van der Waals surface area contributed by atoms with Crippen LogP contribution in [0.4, 0.5) is 5.69 Å². The van der Waals surface area contributed by atoms with Crippen LogP contribution in [0.1, 0.15) is 23.9 Å². The van der Waals surface area contributed by atoms with Crippen LogP contribution in [0.15, 0.2) is 18.2 Å². The summed E-state index contributed by atoms with van der Waals surface area (Å²) in [6.45, 7) is 7.21. The van der Waals surface area contributed by atoms with Crippen molar-refractivity contribution >= 4 is 5.69 Å². The molecule has 20 heavy (non-hydrogen) atoms. The number of hydrogen-bond acceptors (Lipinski definition) is 4. The number of methoxy groups -OCH3 is 1. The first-order valence-electron chi connectivity index (χ1n) is 6.71. The molecule has 0 bridgehead atoms. The highest BCUT2D eigenvalue weighted by Gasteiger charge is 2.11. The molecule has 0 aliphatic heterocycles. The molecule has 0 aliphatic carbocycles. The Morgan fingerprint density at radius 2 is 2.10 bits per heavy atom. The summed E-state index contributed by atoms with van der Waals surface area (Å²) in [6.07, 6.45) is 0. The van der Waals surface area contributed by atoms with E-state index >= 15 is 0 Å². The molecular weight excluding hydrogens is 254 g/mol. The van der Waals surface area contributed by atoms with E-state index in [9.17, 15) is 0 Å². The van der Waals surface area contributed by atoms with Gasteiger partial charge in [-0.2, -0.15) is 5.10 Å². The van der Waals surface area contributed by atoms with E-state index in [1.165, 1.54) is 0 Å². The molecule has 1 aromatic heterocycles. The van der Waals surface area contributed by atoms with Crippen LogP contribution in [0.25, 0.3) is 0 Å². The van der Waals surface area contributed by atoms with Crippen LogP contribution in [-0.2, 0) is 6.54 Å². The molecule has 108 valence electrons. The molecule has 1 aromatic carbocycles. The molecule has 1 heterocycles. The van der Waals surface area contributed by atoms with Gasteiger partial charge in [0, 0.05) is 12.1 Å². The summed E-state index contributed by atoms with van der Waals surface area (Å²) in [5, 5.41) is 10.5. The summed E-state index contributed by atoms with van der Waals surface area (Å²) < 4.78 is 11.1. The van der Waals surface area contributed by atoms with Gasteiger partial charge in [0.05, 0.1) is 30.8 Å². The fourth-order valence-electron chi connectivity index (χ4n) is 2.20. The maximum Gasteiger partial charge on any atom is 0.165 e. The molecule has 5 heteroatoms. The number of nitrogens with one attached hydrogen (secondary N) is 2. The number of nitrogens with zero attached hydrogens (tertiary/aromatic N) is 1. The van der Waals surface area contributed by atoms with Gasteiger partial charge in [0.1, 0.15) is 0 Å². The van der Waals surface area contributed by atoms with Gasteiger partial charge in [-0.25, -0.2) is 0 Å². The monoisotopic (exact) mass is 275 g/mol. The largest absolute Gasteiger partial charge is 0.493 e. The quantitative estimate of drug-likeness (QED) is 0.850. The van der Waals surface area contributed by atoms with E-state index in [1.54, 1.807) is 7.11 Å². The van der Waals surface area contributed by atoms with Gasteiger partial charge in [0.15, 0.2) is 11.5 Å². The molecule has 0 unspecified atom stereocenters. The molecule has 2 rings (SSSR count). The molecule has 5 nitrogen and oxygen atoms in total. The second kappa shape index (κ2) is 6.32. The topological polar surface area (TPSA) is 59.2 Å². The van der Waals surface area contributed by atoms with Crippen LogP contribution in [0.3, 0.4) is 0 Å². The number of aromatic nitrogens is 2. The van der Waals surface area contributed by atoms with E-state index in [0.29, 0.717) is 13.2 Å². The SMILES string of the molecule is CCOc1cccc(CNc2c(C)n[nH]c2C)c1OC. The predicted octanol–water partition coefficient (Wildman–Crippen LogP) is 3.05. The third-order valence-electron chi connectivity index (χ3n) is 3.15. The van der Waals surface area contributed by atoms with Gasteiger partial charge in [-0.15, -0.1) is 0 Å². The number of rotatable bonds is 6. The van der Waals surface area contributed by atoms with Gasteiger partial charge in [0.25, 0.3) is 0 Å². The van der Waals surface area contributed by atoms with Crippen molar-refractivity contribution in [3.8, 4) is 11.5 Å². The minimum atomic E-state index is 0.618. The van der Waals surface area contributed by atoms with E-state index in [1.807, 2.05) is 39.0 Å². The van der Waals surface area contributed by atoms with Crippen molar-refractivity contribution in [3.05, 3.63) is 35.2 Å². The lowest BCUT2D eigenvalue weighted by molar-refractivity contribution is 0.309. The number of para-hydroxylation sites is 1. The third-order valence-corrected chi connectivity index (χ3v) is 3.15. The van der Waals surface area contributed by atoms with Crippen molar-refractivity contribution in [2.75, 3.05) is 19.0 Å². The molecule has 0 saturated carbocycles. The molecule has 0 radical (unpaired) electrons. The van der Waals surface area contributed by atoms with Crippen molar-refractivity contribution in [1.82, 2.24) is 10.2 Å². The lowest BCUT2D eigenvalue weighted by Crippen LogP contribution is -2.05. The van der Waals surface area contributed by atoms with E-state index in [0.717, 1.165) is 34.1 Å². The number of H-pyrrole nitrogens is 1. The van der Waals surface area contributed by atoms with Crippen LogP contribution in [0, 0.1) is 13.8 Å². The zero-order valence-corrected chi connectivity index (χ0v) is 12.4. The summed E-state index contributed by atoms with van der Waals surface area (Å²) in [7, 11) is 1.66. The Morgan fingerprint density at radius 3 is 2.70 bits per heavy atom. The smallest absolute Gasteiger partial charge is 0.165 e. The van der Waals surface area contributed by atoms with E-state index in [-0.39, 0.29) is 0 Å². The van der Waals surface area contributed by atoms with Crippen LogP contribution in [-0.4, -0.2) is 23.9 Å². The minimum absolute atomic E-state index is 0.618. The average molecular weight is 275 g/mol. The van der Waals surface area contributed by atoms with Gasteiger partial charge in [-0.1, -0.05) is 12.1 Å². The summed E-state index contributed by atoms with van der Waals surface area (Å²) in [4.78, 5) is 0. The maximum absolute atomic E-state index is 5.58. The fraction of sp³-hybridized carbons (Fsp3) is 0.400. The first-order chi connectivity index (χ1) is 9.67. The maximum atomic E-state index is 5.58. The van der Waals surface area contributed by atoms with Gasteiger partial charge in [0.2, 0.25) is 0 Å². The molecule has 2 N–H and O–H groups in total. The van der Waals surface area contributed by atoms with Crippen LogP contribution in [0.2, 0.25) is 0 Å². The first kappa shape index (κ1) is 14.2. The Morgan fingerprint density at radius 1 is 1.30 bits per heavy atom. The number of aromatic amines is 1. The molecular formula is C15H21N3O2. The Labute approximate surface area is 119 Å². The summed E-state index contributed by atoms with van der Waals surface area (Å²) in [5.74, 6) is 1.55. The first-order valence-corrected chi connectivity index (χ1v) is 6.71. The Bertz CT molecular complexity index is 559. The lowest BCUT2D eigenvalue weighted by Gasteiger charge is -2.14. The van der Waals surface area contributed by atoms with Gasteiger partial charge in [-0.05, 0) is 26.8 Å². The summed E-state index contributed by atoms with van der Waals surface area (Å²) in [5.41, 5.74) is 4.08. The standard InChI is InChI=1S/C15H21N3O2/c1-5-20-13-8-6-7-12(15(13)19-4)9-16-14-10(2)17-18-11(14)3/h6-8,16H,5,9H2,1-4H3,(H,17,18). The Kier molecular flexibility index (Phi) is 4.50. The highest BCUT2D eigenvalue weighted by molar-refractivity contribution is 5.54. The number of hydrogen-bond donors (Lipinski definition) is 2. The second-order valence-corrected chi connectivity index (χ2v) is 4.54. The van der Waals surface area contributed by atoms with E-state index in [4.69, 9.17) is 9.47 Å². The highest BCUT2D eigenvalue weighted by atomic mass is 16.5. The van der Waals surface area contributed by atoms with Crippen molar-refractivity contribution < 1.29 is 9.47 Å². The summed E-state index contributed by atoms with van der Waals surface area (Å²) >= 11 is 0. The van der Waals surface area contributed by atoms with E-state index < -0.39 is 0 Å². The highest BCUT2D eigenvalue weighted by Crippen LogP contribution is 2.31. The zero-order valence-electron chi connectivity index (χ0n) is 12.4. The number of aryl methyl sites for hydroxylation is 2. The van der Waals surface area contributed by atoms with Gasteiger partial charge < -0.3 is 14.8 Å².